The summed E-state index contributed by atoms with van der Waals surface area (Å²) in [5, 5.41) is 2.88. The van der Waals surface area contributed by atoms with Gasteiger partial charge in [-0.05, 0) is 36.8 Å². The van der Waals surface area contributed by atoms with Gasteiger partial charge in [-0.2, -0.15) is 0 Å². The molecule has 4 nitrogen and oxygen atoms in total. The first-order chi connectivity index (χ1) is 9.61. The molecule has 0 radical (unpaired) electrons. The Labute approximate surface area is 118 Å². The zero-order valence-electron chi connectivity index (χ0n) is 11.6. The fourth-order valence-electron chi connectivity index (χ4n) is 1.94. The molecule has 4 heteroatoms. The molecule has 2 rings (SSSR count). The zero-order chi connectivity index (χ0) is 14.5. The Bertz CT molecular complexity index is 624. The lowest BCUT2D eigenvalue weighted by Gasteiger charge is -2.10. The number of methoxy groups -OCH3 is 1. The van der Waals surface area contributed by atoms with E-state index in [1.54, 1.807) is 25.3 Å². The number of rotatable bonds is 4. The van der Waals surface area contributed by atoms with Gasteiger partial charge < -0.3 is 15.8 Å². The summed E-state index contributed by atoms with van der Waals surface area (Å²) in [6.45, 7) is 2.30. The van der Waals surface area contributed by atoms with Gasteiger partial charge in [-0.3, -0.25) is 4.79 Å². The van der Waals surface area contributed by atoms with E-state index in [2.05, 4.69) is 5.32 Å². The van der Waals surface area contributed by atoms with E-state index in [-0.39, 0.29) is 5.91 Å². The molecule has 0 bridgehead atoms. The van der Waals surface area contributed by atoms with Crippen LogP contribution in [0.4, 0.5) is 5.69 Å². The highest BCUT2D eigenvalue weighted by molar-refractivity contribution is 5.94. The first-order valence-electron chi connectivity index (χ1n) is 6.38. The molecule has 104 valence electrons. The summed E-state index contributed by atoms with van der Waals surface area (Å²) in [4.78, 5) is 12.1. The van der Waals surface area contributed by atoms with Gasteiger partial charge in [-0.1, -0.05) is 18.2 Å². The summed E-state index contributed by atoms with van der Waals surface area (Å²) in [5.41, 5.74) is 8.87. The van der Waals surface area contributed by atoms with Crippen molar-refractivity contribution in [1.82, 2.24) is 5.32 Å². The molecule has 0 fully saturated rings. The Morgan fingerprint density at radius 1 is 1.25 bits per heavy atom. The maximum atomic E-state index is 12.1. The van der Waals surface area contributed by atoms with E-state index >= 15 is 0 Å². The number of amides is 1. The number of hydrogen-bond donors (Lipinski definition) is 2. The van der Waals surface area contributed by atoms with Crippen LogP contribution in [0.5, 0.6) is 5.75 Å². The van der Waals surface area contributed by atoms with Gasteiger partial charge in [0.25, 0.3) is 5.91 Å². The number of nitrogens with two attached hydrogens (primary N) is 1. The third-order valence-corrected chi connectivity index (χ3v) is 3.16. The van der Waals surface area contributed by atoms with Crippen molar-refractivity contribution >= 4 is 11.6 Å². The Kier molecular flexibility index (Phi) is 4.25. The number of hydrogen-bond acceptors (Lipinski definition) is 3. The molecule has 0 unspecified atom stereocenters. The second-order valence-electron chi connectivity index (χ2n) is 4.57. The predicted molar refractivity (Wildman–Crippen MR) is 79.8 cm³/mol. The highest BCUT2D eigenvalue weighted by Crippen LogP contribution is 2.17. The third kappa shape index (κ3) is 3.09. The standard InChI is InChI=1S/C16H18N2O2/c1-11-9-12(7-8-14(11)17)16(19)18-10-13-5-3-4-6-15(13)20-2/h3-9H,10,17H2,1-2H3,(H,18,19). The van der Waals surface area contributed by atoms with Gasteiger partial charge in [0.1, 0.15) is 5.75 Å². The topological polar surface area (TPSA) is 64.3 Å². The molecule has 3 N–H and O–H groups in total. The molecular weight excluding hydrogens is 252 g/mol. The number of aryl methyl sites for hydroxylation is 1. The molecule has 0 atom stereocenters. The fraction of sp³-hybridized carbons (Fsp3) is 0.188. The molecule has 0 saturated heterocycles. The summed E-state index contributed by atoms with van der Waals surface area (Å²) in [7, 11) is 1.62. The number of carbonyl (C=O) groups is 1. The minimum Gasteiger partial charge on any atom is -0.496 e. The number of nitrogen functional groups attached to an aromatic ring is 1. The SMILES string of the molecule is COc1ccccc1CNC(=O)c1ccc(N)c(C)c1. The monoisotopic (exact) mass is 270 g/mol. The van der Waals surface area contributed by atoms with Crippen molar-refractivity contribution in [3.05, 3.63) is 59.2 Å². The number of nitrogens with one attached hydrogen (secondary N) is 1. The largest absolute Gasteiger partial charge is 0.496 e. The first-order valence-corrected chi connectivity index (χ1v) is 6.38. The van der Waals surface area contributed by atoms with Gasteiger partial charge in [-0.15, -0.1) is 0 Å². The molecule has 2 aromatic rings. The molecule has 20 heavy (non-hydrogen) atoms. The van der Waals surface area contributed by atoms with Crippen LogP contribution in [0, 0.1) is 6.92 Å². The lowest BCUT2D eigenvalue weighted by molar-refractivity contribution is 0.0950. The van der Waals surface area contributed by atoms with Gasteiger partial charge in [0.2, 0.25) is 0 Å². The molecule has 0 aliphatic rings. The average molecular weight is 270 g/mol. The van der Waals surface area contributed by atoms with Crippen molar-refractivity contribution in [1.29, 1.82) is 0 Å². The minimum atomic E-state index is -0.126. The molecule has 1 amide bonds. The molecular formula is C16H18N2O2. The van der Waals surface area contributed by atoms with Crippen molar-refractivity contribution in [2.75, 3.05) is 12.8 Å². The Morgan fingerprint density at radius 3 is 2.70 bits per heavy atom. The van der Waals surface area contributed by atoms with Crippen molar-refractivity contribution < 1.29 is 9.53 Å². The van der Waals surface area contributed by atoms with Crippen LogP contribution in [-0.4, -0.2) is 13.0 Å². The third-order valence-electron chi connectivity index (χ3n) is 3.16. The summed E-state index contributed by atoms with van der Waals surface area (Å²) < 4.78 is 5.25. The molecule has 2 aromatic carbocycles. The van der Waals surface area contributed by atoms with E-state index < -0.39 is 0 Å². The zero-order valence-corrected chi connectivity index (χ0v) is 11.6. The van der Waals surface area contributed by atoms with E-state index in [0.29, 0.717) is 17.8 Å². The van der Waals surface area contributed by atoms with Crippen LogP contribution >= 0.6 is 0 Å². The highest BCUT2D eigenvalue weighted by Gasteiger charge is 2.08. The van der Waals surface area contributed by atoms with Crippen LogP contribution < -0.4 is 15.8 Å². The molecule has 0 heterocycles. The van der Waals surface area contributed by atoms with E-state index in [9.17, 15) is 4.79 Å². The van der Waals surface area contributed by atoms with E-state index in [1.165, 1.54) is 0 Å². The number of carbonyl (C=O) groups excluding carboxylic acids is 1. The number of benzene rings is 2. The van der Waals surface area contributed by atoms with Gasteiger partial charge in [-0.25, -0.2) is 0 Å². The summed E-state index contributed by atoms with van der Waals surface area (Å²) >= 11 is 0. The molecule has 0 saturated carbocycles. The molecule has 0 spiro atoms. The maximum absolute atomic E-state index is 12.1. The van der Waals surface area contributed by atoms with Crippen molar-refractivity contribution in [2.24, 2.45) is 0 Å². The average Bonchev–Trinajstić information content (AvgIpc) is 2.47. The van der Waals surface area contributed by atoms with E-state index in [4.69, 9.17) is 10.5 Å². The minimum absolute atomic E-state index is 0.126. The van der Waals surface area contributed by atoms with Gasteiger partial charge in [0, 0.05) is 23.4 Å². The second-order valence-corrected chi connectivity index (χ2v) is 4.57. The van der Waals surface area contributed by atoms with Crippen LogP contribution in [-0.2, 0) is 6.54 Å². The Hall–Kier alpha value is -2.49. The number of para-hydroxylation sites is 1. The first kappa shape index (κ1) is 13.9. The smallest absolute Gasteiger partial charge is 0.251 e. The molecule has 0 aromatic heterocycles. The van der Waals surface area contributed by atoms with Crippen LogP contribution in [0.15, 0.2) is 42.5 Å². The molecule has 0 aliphatic carbocycles. The van der Waals surface area contributed by atoms with Crippen LogP contribution in [0.3, 0.4) is 0 Å². The van der Waals surface area contributed by atoms with Crippen LogP contribution in [0.1, 0.15) is 21.5 Å². The van der Waals surface area contributed by atoms with Crippen molar-refractivity contribution in [3.63, 3.8) is 0 Å². The molecule has 0 aliphatic heterocycles. The van der Waals surface area contributed by atoms with Crippen molar-refractivity contribution in [3.8, 4) is 5.75 Å². The van der Waals surface area contributed by atoms with Gasteiger partial charge >= 0.3 is 0 Å². The Balaban J connectivity index is 2.06. The number of ether oxygens (including phenoxy) is 1. The number of anilines is 1. The van der Waals surface area contributed by atoms with Crippen molar-refractivity contribution in [2.45, 2.75) is 13.5 Å². The van der Waals surface area contributed by atoms with Gasteiger partial charge in [0.15, 0.2) is 0 Å². The lowest BCUT2D eigenvalue weighted by Crippen LogP contribution is -2.23. The van der Waals surface area contributed by atoms with E-state index in [0.717, 1.165) is 16.9 Å². The van der Waals surface area contributed by atoms with E-state index in [1.807, 2.05) is 31.2 Å². The van der Waals surface area contributed by atoms with Crippen LogP contribution in [0.25, 0.3) is 0 Å². The predicted octanol–water partition coefficient (Wildman–Crippen LogP) is 2.52. The summed E-state index contributed by atoms with van der Waals surface area (Å²) in [6.07, 6.45) is 0. The summed E-state index contributed by atoms with van der Waals surface area (Å²) in [6, 6.07) is 12.9. The highest BCUT2D eigenvalue weighted by atomic mass is 16.5. The maximum Gasteiger partial charge on any atom is 0.251 e. The Morgan fingerprint density at radius 2 is 2.00 bits per heavy atom. The van der Waals surface area contributed by atoms with Gasteiger partial charge in [0.05, 0.1) is 7.11 Å². The normalized spacial score (nSPS) is 10.1. The quantitative estimate of drug-likeness (QED) is 0.839. The fourth-order valence-corrected chi connectivity index (χ4v) is 1.94. The second kappa shape index (κ2) is 6.10. The lowest BCUT2D eigenvalue weighted by atomic mass is 10.1. The van der Waals surface area contributed by atoms with Crippen LogP contribution in [0.2, 0.25) is 0 Å². The summed E-state index contributed by atoms with van der Waals surface area (Å²) in [5.74, 6) is 0.639.